The molecule has 6 heteroatoms. The first kappa shape index (κ1) is 26.1. The lowest BCUT2D eigenvalue weighted by molar-refractivity contribution is -0.158. The molecule has 2 fully saturated rings. The van der Waals surface area contributed by atoms with Crippen LogP contribution < -0.4 is 5.32 Å². The second kappa shape index (κ2) is 10.6. The molecule has 0 aromatic heterocycles. The number of aliphatic hydroxyl groups excluding tert-OH is 1. The fourth-order valence-electron chi connectivity index (χ4n) is 5.51. The molecule has 0 heterocycles. The Hall–Kier alpha value is -0.200. The minimum Gasteiger partial charge on any atom is -0.389 e. The Kier molecular flexibility index (Phi) is 9.22. The van der Waals surface area contributed by atoms with Gasteiger partial charge >= 0.3 is 0 Å². The van der Waals surface area contributed by atoms with E-state index in [9.17, 15) is 15.0 Å². The van der Waals surface area contributed by atoms with Crippen molar-refractivity contribution in [2.24, 2.45) is 23.2 Å². The Morgan fingerprint density at radius 1 is 1.03 bits per heavy atom. The van der Waals surface area contributed by atoms with Crippen molar-refractivity contribution >= 4 is 17.4 Å². The molecule has 2 aliphatic rings. The monoisotopic (exact) mass is 445 g/mol. The van der Waals surface area contributed by atoms with Gasteiger partial charge in [-0.1, -0.05) is 27.7 Å². The summed E-state index contributed by atoms with van der Waals surface area (Å²) in [6.07, 6.45) is 5.46. The maximum atomic E-state index is 13.4. The van der Waals surface area contributed by atoms with Crippen LogP contribution in [0.1, 0.15) is 92.9 Å². The van der Waals surface area contributed by atoms with Crippen molar-refractivity contribution < 1.29 is 19.7 Å². The molecule has 4 atom stereocenters. The fourth-order valence-corrected chi connectivity index (χ4v) is 5.76. The summed E-state index contributed by atoms with van der Waals surface area (Å²) in [6.45, 7) is 12.0. The largest absolute Gasteiger partial charge is 0.389 e. The lowest BCUT2D eigenvalue weighted by atomic mass is 9.61. The van der Waals surface area contributed by atoms with Crippen LogP contribution in [0.5, 0.6) is 0 Å². The summed E-state index contributed by atoms with van der Waals surface area (Å²) in [4.78, 5) is 13.4. The number of carbonyl (C=O) groups excluding carboxylic acids is 1. The van der Waals surface area contributed by atoms with Crippen molar-refractivity contribution in [2.75, 3.05) is 0 Å². The highest BCUT2D eigenvalue weighted by atomic mass is 35.5. The molecule has 3 N–H and O–H groups in total. The maximum Gasteiger partial charge on any atom is 0.214 e. The van der Waals surface area contributed by atoms with E-state index in [2.05, 4.69) is 19.2 Å². The summed E-state index contributed by atoms with van der Waals surface area (Å²) in [5.74, 6) is 0.295. The number of ether oxygens (including phenoxy) is 1. The lowest BCUT2D eigenvalue weighted by Gasteiger charge is -2.49. The Balaban J connectivity index is 2.11. The molecular weight excluding hydrogens is 402 g/mol. The van der Waals surface area contributed by atoms with Gasteiger partial charge in [-0.25, -0.2) is 0 Å². The van der Waals surface area contributed by atoms with Crippen molar-refractivity contribution in [3.8, 4) is 0 Å². The van der Waals surface area contributed by atoms with Gasteiger partial charge in [-0.15, -0.1) is 11.6 Å². The number of hydrogen-bond acceptors (Lipinski definition) is 5. The molecule has 0 saturated heterocycles. The highest BCUT2D eigenvalue weighted by Gasteiger charge is 2.51. The standard InChI is InChI=1S/C24H44ClNO4/c1-15(2)20(26-22(28)30-16(3)4)21(27)17-11-13-23(5,6)24(29,14-12-17)18-7-9-19(25)10-8-18/h15-20,22,26,28-29H,7-14H2,1-6H3/t17?,18?,19?,20-,22?,24+/m1/s1. The lowest BCUT2D eigenvalue weighted by Crippen LogP contribution is -2.51. The zero-order valence-corrected chi connectivity index (χ0v) is 20.5. The predicted octanol–water partition coefficient (Wildman–Crippen LogP) is 4.62. The Morgan fingerprint density at radius 3 is 2.13 bits per heavy atom. The van der Waals surface area contributed by atoms with Crippen LogP contribution in [0.3, 0.4) is 0 Å². The molecule has 30 heavy (non-hydrogen) atoms. The van der Waals surface area contributed by atoms with E-state index in [-0.39, 0.29) is 40.4 Å². The SMILES string of the molecule is CC(C)OC(O)N[C@@H](C(=O)C1CCC(C)(C)[C@@](O)(C2CCC(Cl)CC2)CC1)C(C)C. The number of alkyl halides is 1. The summed E-state index contributed by atoms with van der Waals surface area (Å²) >= 11 is 6.31. The van der Waals surface area contributed by atoms with Crippen LogP contribution in [0, 0.1) is 23.2 Å². The molecule has 176 valence electrons. The molecule has 0 amide bonds. The van der Waals surface area contributed by atoms with E-state index in [0.717, 1.165) is 38.5 Å². The molecule has 0 aliphatic heterocycles. The quantitative estimate of drug-likeness (QED) is 0.288. The zero-order chi connectivity index (χ0) is 22.7. The van der Waals surface area contributed by atoms with Gasteiger partial charge in [0.1, 0.15) is 0 Å². The van der Waals surface area contributed by atoms with Crippen LogP contribution in [-0.2, 0) is 9.53 Å². The number of aliphatic hydroxyl groups is 2. The van der Waals surface area contributed by atoms with E-state index in [0.29, 0.717) is 12.8 Å². The number of ketones is 1. The Bertz CT molecular complexity index is 559. The van der Waals surface area contributed by atoms with Crippen LogP contribution in [0.15, 0.2) is 0 Å². The average Bonchev–Trinajstić information content (AvgIpc) is 2.76. The van der Waals surface area contributed by atoms with Gasteiger partial charge in [-0.2, -0.15) is 0 Å². The summed E-state index contributed by atoms with van der Waals surface area (Å²) in [5.41, 5.74) is -1.01. The van der Waals surface area contributed by atoms with E-state index >= 15 is 0 Å². The molecule has 2 rings (SSSR count). The van der Waals surface area contributed by atoms with E-state index in [1.165, 1.54) is 0 Å². The van der Waals surface area contributed by atoms with Gasteiger partial charge in [0.15, 0.2) is 5.78 Å². The Morgan fingerprint density at radius 2 is 1.60 bits per heavy atom. The topological polar surface area (TPSA) is 78.8 Å². The van der Waals surface area contributed by atoms with Gasteiger partial charge in [0, 0.05) is 11.3 Å². The molecule has 2 aliphatic carbocycles. The number of Topliss-reactive ketones (excluding diaryl/α,β-unsaturated/α-hetero) is 1. The molecule has 2 saturated carbocycles. The summed E-state index contributed by atoms with van der Waals surface area (Å²) < 4.78 is 5.39. The molecule has 5 nitrogen and oxygen atoms in total. The molecule has 0 spiro atoms. The van der Waals surface area contributed by atoms with Gasteiger partial charge in [0.2, 0.25) is 6.41 Å². The third-order valence-electron chi connectivity index (χ3n) is 7.59. The minimum atomic E-state index is -1.16. The predicted molar refractivity (Wildman–Crippen MR) is 121 cm³/mol. The van der Waals surface area contributed by atoms with E-state index in [4.69, 9.17) is 16.3 Å². The summed E-state index contributed by atoms with van der Waals surface area (Å²) in [6, 6.07) is -0.468. The number of carbonyl (C=O) groups is 1. The number of nitrogens with one attached hydrogen (secondary N) is 1. The first-order chi connectivity index (χ1) is 13.9. The molecule has 0 aromatic carbocycles. The average molecular weight is 446 g/mol. The minimum absolute atomic E-state index is 0.0389. The van der Waals surface area contributed by atoms with Crippen LogP contribution in [0.2, 0.25) is 0 Å². The van der Waals surface area contributed by atoms with Crippen molar-refractivity contribution in [1.82, 2.24) is 5.32 Å². The molecule has 2 unspecified atom stereocenters. The maximum absolute atomic E-state index is 13.4. The second-order valence-electron chi connectivity index (χ2n) is 10.9. The van der Waals surface area contributed by atoms with Gasteiger partial charge in [-0.05, 0) is 82.5 Å². The van der Waals surface area contributed by atoms with Crippen molar-refractivity contribution in [1.29, 1.82) is 0 Å². The van der Waals surface area contributed by atoms with E-state index in [1.54, 1.807) is 0 Å². The van der Waals surface area contributed by atoms with Crippen LogP contribution in [0.25, 0.3) is 0 Å². The first-order valence-corrected chi connectivity index (χ1v) is 12.3. The molecular formula is C24H44ClNO4. The molecule has 0 aromatic rings. The third-order valence-corrected chi connectivity index (χ3v) is 8.03. The Labute approximate surface area is 188 Å². The third kappa shape index (κ3) is 6.19. The normalized spacial score (nSPS) is 34.6. The smallest absolute Gasteiger partial charge is 0.214 e. The van der Waals surface area contributed by atoms with Crippen molar-refractivity contribution in [2.45, 2.75) is 122 Å². The second-order valence-corrected chi connectivity index (χ2v) is 11.5. The highest BCUT2D eigenvalue weighted by Crippen LogP contribution is 2.52. The first-order valence-electron chi connectivity index (χ1n) is 11.9. The zero-order valence-electron chi connectivity index (χ0n) is 19.8. The summed E-state index contributed by atoms with van der Waals surface area (Å²) in [5, 5.41) is 25.2. The van der Waals surface area contributed by atoms with E-state index < -0.39 is 18.1 Å². The van der Waals surface area contributed by atoms with Crippen LogP contribution in [-0.4, -0.2) is 45.5 Å². The van der Waals surface area contributed by atoms with Crippen LogP contribution >= 0.6 is 11.6 Å². The van der Waals surface area contributed by atoms with Gasteiger partial charge < -0.3 is 14.9 Å². The van der Waals surface area contributed by atoms with Gasteiger partial charge in [0.25, 0.3) is 0 Å². The number of rotatable bonds is 8. The fraction of sp³-hybridized carbons (Fsp3) is 0.958. The van der Waals surface area contributed by atoms with Gasteiger partial charge in [-0.3, -0.25) is 10.1 Å². The van der Waals surface area contributed by atoms with Crippen molar-refractivity contribution in [3.63, 3.8) is 0 Å². The highest BCUT2D eigenvalue weighted by molar-refractivity contribution is 6.20. The van der Waals surface area contributed by atoms with E-state index in [1.807, 2.05) is 27.7 Å². The number of halogens is 1. The van der Waals surface area contributed by atoms with Crippen molar-refractivity contribution in [3.05, 3.63) is 0 Å². The summed E-state index contributed by atoms with van der Waals surface area (Å²) in [7, 11) is 0. The van der Waals surface area contributed by atoms with Crippen LogP contribution in [0.4, 0.5) is 0 Å². The van der Waals surface area contributed by atoms with Gasteiger partial charge in [0.05, 0.1) is 17.7 Å². The molecule has 0 bridgehead atoms. The number of hydrogen-bond donors (Lipinski definition) is 3. The molecule has 0 radical (unpaired) electrons.